The van der Waals surface area contributed by atoms with Crippen molar-refractivity contribution in [2.75, 3.05) is 5.75 Å². The summed E-state index contributed by atoms with van der Waals surface area (Å²) in [6.45, 7) is 0. The number of carbonyl (C=O) groups excluding carboxylic acids is 1. The Balaban J connectivity index is 1.38. The predicted molar refractivity (Wildman–Crippen MR) is 109 cm³/mol. The van der Waals surface area contributed by atoms with Crippen LogP contribution in [0.5, 0.6) is 0 Å². The first kappa shape index (κ1) is 16.6. The van der Waals surface area contributed by atoms with Gasteiger partial charge in [0.05, 0.1) is 16.3 Å². The average Bonchev–Trinajstić information content (AvgIpc) is 3.35. The fraction of sp³-hybridized carbons (Fsp3) is 0.143. The Hall–Kier alpha value is -2.57. The number of hydrogen-bond acceptors (Lipinski definition) is 5. The van der Waals surface area contributed by atoms with Crippen LogP contribution in [-0.2, 0) is 0 Å². The van der Waals surface area contributed by atoms with Gasteiger partial charge in [-0.1, -0.05) is 30.3 Å². The highest BCUT2D eigenvalue weighted by atomic mass is 32.2. The molecule has 0 fully saturated rings. The number of thioether (sulfide) groups is 1. The van der Waals surface area contributed by atoms with Gasteiger partial charge in [-0.05, 0) is 42.3 Å². The van der Waals surface area contributed by atoms with Crippen molar-refractivity contribution in [1.82, 2.24) is 10.3 Å². The van der Waals surface area contributed by atoms with Gasteiger partial charge in [-0.3, -0.25) is 4.79 Å². The third kappa shape index (κ3) is 3.15. The van der Waals surface area contributed by atoms with Gasteiger partial charge in [-0.15, -0.1) is 23.1 Å². The van der Waals surface area contributed by atoms with Crippen LogP contribution in [0.15, 0.2) is 70.0 Å². The maximum Gasteiger partial charge on any atom is 0.287 e. The predicted octanol–water partition coefficient (Wildman–Crippen LogP) is 5.52. The summed E-state index contributed by atoms with van der Waals surface area (Å²) in [5, 5.41) is 3.91. The van der Waals surface area contributed by atoms with Crippen molar-refractivity contribution in [2.24, 2.45) is 0 Å². The van der Waals surface area contributed by atoms with Crippen LogP contribution in [-0.4, -0.2) is 16.6 Å². The molecule has 1 amide bonds. The molecule has 2 aromatic heterocycles. The molecule has 27 heavy (non-hydrogen) atoms. The van der Waals surface area contributed by atoms with Crippen molar-refractivity contribution >= 4 is 39.2 Å². The fourth-order valence-electron chi connectivity index (χ4n) is 3.27. The number of aromatic nitrogens is 1. The van der Waals surface area contributed by atoms with Crippen LogP contribution in [0.25, 0.3) is 21.0 Å². The van der Waals surface area contributed by atoms with Gasteiger partial charge in [0.15, 0.2) is 16.5 Å². The largest absolute Gasteiger partial charge is 0.448 e. The maximum atomic E-state index is 12.7. The molecule has 1 N–H and O–H groups in total. The molecule has 3 heterocycles. The summed E-state index contributed by atoms with van der Waals surface area (Å²) in [7, 11) is 0. The quantitative estimate of drug-likeness (QED) is 0.498. The molecule has 1 aliphatic rings. The van der Waals surface area contributed by atoms with E-state index in [1.165, 1.54) is 10.5 Å². The number of amides is 1. The molecule has 5 rings (SSSR count). The van der Waals surface area contributed by atoms with Crippen LogP contribution in [0.3, 0.4) is 0 Å². The molecule has 1 atom stereocenters. The number of furan rings is 1. The molecule has 0 bridgehead atoms. The molecule has 1 aliphatic heterocycles. The van der Waals surface area contributed by atoms with E-state index in [0.717, 1.165) is 27.4 Å². The van der Waals surface area contributed by atoms with Crippen LogP contribution in [0.1, 0.15) is 28.6 Å². The Morgan fingerprint density at radius 3 is 2.85 bits per heavy atom. The third-order valence-electron chi connectivity index (χ3n) is 4.60. The number of thiazole rings is 1. The molecule has 6 heteroatoms. The zero-order valence-corrected chi connectivity index (χ0v) is 16.0. The van der Waals surface area contributed by atoms with Crippen LogP contribution in [0.2, 0.25) is 0 Å². The van der Waals surface area contributed by atoms with E-state index >= 15 is 0 Å². The topological polar surface area (TPSA) is 55.1 Å². The van der Waals surface area contributed by atoms with Crippen LogP contribution in [0, 0.1) is 0 Å². The number of nitrogens with zero attached hydrogens (tertiary/aromatic N) is 1. The van der Waals surface area contributed by atoms with Gasteiger partial charge in [0.2, 0.25) is 0 Å². The van der Waals surface area contributed by atoms with Crippen molar-refractivity contribution in [1.29, 1.82) is 0 Å². The van der Waals surface area contributed by atoms with E-state index in [0.29, 0.717) is 11.5 Å². The molecule has 4 nitrogen and oxygen atoms in total. The summed E-state index contributed by atoms with van der Waals surface area (Å²) in [6, 6.07) is 19.8. The first-order valence-corrected chi connectivity index (χ1v) is 10.6. The van der Waals surface area contributed by atoms with Gasteiger partial charge in [0.25, 0.3) is 5.91 Å². The highest BCUT2D eigenvalue weighted by Gasteiger charge is 2.24. The van der Waals surface area contributed by atoms with Crippen molar-refractivity contribution < 1.29 is 9.21 Å². The molecule has 4 aromatic rings. The van der Waals surface area contributed by atoms with E-state index in [9.17, 15) is 4.79 Å². The molecule has 2 aromatic carbocycles. The number of rotatable bonds is 3. The van der Waals surface area contributed by atoms with Gasteiger partial charge in [-0.2, -0.15) is 0 Å². The second-order valence-electron chi connectivity index (χ2n) is 6.35. The average molecular weight is 393 g/mol. The minimum atomic E-state index is -0.186. The summed E-state index contributed by atoms with van der Waals surface area (Å²) in [4.78, 5) is 18.5. The molecule has 0 saturated carbocycles. The Bertz CT molecular complexity index is 1100. The normalized spacial score (nSPS) is 16.2. The van der Waals surface area contributed by atoms with E-state index in [4.69, 9.17) is 4.42 Å². The van der Waals surface area contributed by atoms with E-state index in [1.807, 2.05) is 54.2 Å². The lowest BCUT2D eigenvalue weighted by atomic mass is 10.0. The lowest BCUT2D eigenvalue weighted by molar-refractivity contribution is 0.0907. The molecule has 134 valence electrons. The van der Waals surface area contributed by atoms with Crippen molar-refractivity contribution in [2.45, 2.75) is 17.4 Å². The number of nitrogens with one attached hydrogen (secondary N) is 1. The monoisotopic (exact) mass is 392 g/mol. The van der Waals surface area contributed by atoms with Gasteiger partial charge < -0.3 is 9.73 Å². The summed E-state index contributed by atoms with van der Waals surface area (Å²) < 4.78 is 6.92. The fourth-order valence-corrected chi connectivity index (χ4v) is 5.33. The third-order valence-corrected chi connectivity index (χ3v) is 6.77. The maximum absolute atomic E-state index is 12.7. The molecule has 0 radical (unpaired) electrons. The molecule has 0 unspecified atom stereocenters. The summed E-state index contributed by atoms with van der Waals surface area (Å²) in [5.74, 6) is 1.76. The lowest BCUT2D eigenvalue weighted by Crippen LogP contribution is -2.30. The Labute approximate surface area is 164 Å². The van der Waals surface area contributed by atoms with E-state index in [2.05, 4.69) is 22.4 Å². The van der Waals surface area contributed by atoms with Crippen molar-refractivity contribution in [3.05, 3.63) is 72.0 Å². The number of hydrogen-bond donors (Lipinski definition) is 1. The van der Waals surface area contributed by atoms with Gasteiger partial charge in [0.1, 0.15) is 0 Å². The summed E-state index contributed by atoms with van der Waals surface area (Å²) in [5.41, 5.74) is 2.12. The van der Waals surface area contributed by atoms with Gasteiger partial charge in [0, 0.05) is 10.6 Å². The van der Waals surface area contributed by atoms with Crippen LogP contribution < -0.4 is 5.32 Å². The number of para-hydroxylation sites is 1. The highest BCUT2D eigenvalue weighted by molar-refractivity contribution is 7.99. The van der Waals surface area contributed by atoms with Gasteiger partial charge in [-0.25, -0.2) is 4.98 Å². The lowest BCUT2D eigenvalue weighted by Gasteiger charge is -2.25. The smallest absolute Gasteiger partial charge is 0.287 e. The van der Waals surface area contributed by atoms with Crippen molar-refractivity contribution in [3.63, 3.8) is 0 Å². The molecule has 0 spiro atoms. The van der Waals surface area contributed by atoms with Crippen molar-refractivity contribution in [3.8, 4) is 10.8 Å². The second kappa shape index (κ2) is 6.87. The molecule has 0 saturated heterocycles. The Morgan fingerprint density at radius 1 is 1.07 bits per heavy atom. The molecule has 0 aliphatic carbocycles. The Kier molecular flexibility index (Phi) is 4.22. The number of fused-ring (bicyclic) bond motifs is 2. The summed E-state index contributed by atoms with van der Waals surface area (Å²) in [6.07, 6.45) is 0.916. The van der Waals surface area contributed by atoms with E-state index in [-0.39, 0.29) is 11.9 Å². The van der Waals surface area contributed by atoms with E-state index in [1.54, 1.807) is 17.4 Å². The summed E-state index contributed by atoms with van der Waals surface area (Å²) >= 11 is 3.40. The minimum absolute atomic E-state index is 0.0194. The van der Waals surface area contributed by atoms with E-state index < -0.39 is 0 Å². The number of carbonyl (C=O) groups is 1. The number of benzene rings is 2. The molecular formula is C21H16N2O2S2. The Morgan fingerprint density at radius 2 is 1.93 bits per heavy atom. The SMILES string of the molecule is O=C(N[C@H]1CCSc2ccccc21)c1ccc(-c2nc3ccccc3s2)o1. The first-order valence-electron chi connectivity index (χ1n) is 8.76. The standard InChI is InChI=1S/C21H16N2O2S2/c24-20(22-14-11-12-26-18-7-3-1-5-13(14)18)16-9-10-17(25-16)21-23-15-6-2-4-8-19(15)27-21/h1-10,14H,11-12H2,(H,22,24)/t14-/m0/s1. The van der Waals surface area contributed by atoms with Gasteiger partial charge >= 0.3 is 0 Å². The van der Waals surface area contributed by atoms with Crippen LogP contribution >= 0.6 is 23.1 Å². The minimum Gasteiger partial charge on any atom is -0.448 e. The zero-order chi connectivity index (χ0) is 18.2. The zero-order valence-electron chi connectivity index (χ0n) is 14.3. The van der Waals surface area contributed by atoms with Crippen LogP contribution in [0.4, 0.5) is 0 Å². The molecular weight excluding hydrogens is 376 g/mol. The second-order valence-corrected chi connectivity index (χ2v) is 8.52. The first-order chi connectivity index (χ1) is 13.3. The highest BCUT2D eigenvalue weighted by Crippen LogP contribution is 2.36.